The van der Waals surface area contributed by atoms with E-state index in [9.17, 15) is 8.42 Å². The third-order valence-corrected chi connectivity index (χ3v) is 6.12. The quantitative estimate of drug-likeness (QED) is 0.338. The Morgan fingerprint density at radius 1 is 1.35 bits per heavy atom. The van der Waals surface area contributed by atoms with E-state index in [1.807, 2.05) is 0 Å². The van der Waals surface area contributed by atoms with Gasteiger partial charge in [0.05, 0.1) is 6.54 Å². The minimum absolute atomic E-state index is 0.227. The van der Waals surface area contributed by atoms with Gasteiger partial charge < -0.3 is 11.1 Å². The molecule has 1 unspecified atom stereocenters. The van der Waals surface area contributed by atoms with E-state index in [0.717, 1.165) is 12.8 Å². The third-order valence-electron chi connectivity index (χ3n) is 3.26. The predicted molar refractivity (Wildman–Crippen MR) is 97.3 cm³/mol. The van der Waals surface area contributed by atoms with Crippen LogP contribution in [0.5, 0.6) is 0 Å². The normalized spacial score (nSPS) is 14.2. The van der Waals surface area contributed by atoms with E-state index in [0.29, 0.717) is 22.6 Å². The molecule has 0 aliphatic rings. The van der Waals surface area contributed by atoms with Gasteiger partial charge in [0, 0.05) is 12.6 Å². The lowest BCUT2D eigenvalue weighted by Gasteiger charge is -2.15. The summed E-state index contributed by atoms with van der Waals surface area (Å²) in [6.45, 7) is 7.03. The molecule has 23 heavy (non-hydrogen) atoms. The smallest absolute Gasteiger partial charge is 0.250 e. The molecule has 8 heteroatoms. The van der Waals surface area contributed by atoms with Crippen molar-refractivity contribution in [2.24, 2.45) is 16.6 Å². The van der Waals surface area contributed by atoms with E-state index in [1.165, 1.54) is 17.8 Å². The molecule has 0 fully saturated rings. The monoisotopic (exact) mass is 360 g/mol. The molecular weight excluding hydrogens is 332 g/mol. The molecule has 1 rings (SSSR count). The van der Waals surface area contributed by atoms with E-state index < -0.39 is 10.0 Å². The Morgan fingerprint density at radius 2 is 2.09 bits per heavy atom. The fourth-order valence-corrected chi connectivity index (χ4v) is 4.10. The molecule has 4 N–H and O–H groups in total. The zero-order valence-corrected chi connectivity index (χ0v) is 15.7. The van der Waals surface area contributed by atoms with E-state index in [-0.39, 0.29) is 12.6 Å². The first-order valence-electron chi connectivity index (χ1n) is 7.91. The van der Waals surface area contributed by atoms with Gasteiger partial charge in [-0.2, -0.15) is 0 Å². The van der Waals surface area contributed by atoms with Crippen molar-refractivity contribution < 1.29 is 8.42 Å². The summed E-state index contributed by atoms with van der Waals surface area (Å²) in [5, 5.41) is 4.86. The van der Waals surface area contributed by atoms with Gasteiger partial charge in [0.1, 0.15) is 4.21 Å². The van der Waals surface area contributed by atoms with Crippen LogP contribution >= 0.6 is 11.3 Å². The van der Waals surface area contributed by atoms with E-state index in [4.69, 9.17) is 5.73 Å². The Kier molecular flexibility index (Phi) is 8.57. The molecule has 0 bridgehead atoms. The van der Waals surface area contributed by atoms with Gasteiger partial charge in [0.15, 0.2) is 5.96 Å². The van der Waals surface area contributed by atoms with Crippen LogP contribution in [0.25, 0.3) is 0 Å². The van der Waals surface area contributed by atoms with Crippen molar-refractivity contribution in [3.63, 3.8) is 0 Å². The van der Waals surface area contributed by atoms with Crippen LogP contribution in [0.1, 0.15) is 40.0 Å². The second kappa shape index (κ2) is 9.89. The zero-order valence-electron chi connectivity index (χ0n) is 14.1. The van der Waals surface area contributed by atoms with Gasteiger partial charge in [-0.05, 0) is 30.7 Å². The Bertz CT molecular complexity index is 568. The van der Waals surface area contributed by atoms with Crippen molar-refractivity contribution in [2.75, 3.05) is 13.1 Å². The summed E-state index contributed by atoms with van der Waals surface area (Å²) in [6.07, 6.45) is 3.40. The maximum Gasteiger partial charge on any atom is 0.250 e. The van der Waals surface area contributed by atoms with Crippen LogP contribution in [0.15, 0.2) is 26.7 Å². The van der Waals surface area contributed by atoms with Crippen molar-refractivity contribution >= 4 is 27.3 Å². The SMILES string of the molecule is CC(C)CCCC(C)NC(N)=NCCNS(=O)(=O)c1cccs1. The minimum atomic E-state index is -3.42. The average Bonchev–Trinajstić information content (AvgIpc) is 2.98. The molecular formula is C15H28N4O2S2. The number of nitrogens with one attached hydrogen (secondary N) is 2. The number of aliphatic imine (C=N–C) groups is 1. The van der Waals surface area contributed by atoms with Crippen molar-refractivity contribution in [2.45, 2.75) is 50.3 Å². The Balaban J connectivity index is 2.26. The maximum atomic E-state index is 11.9. The summed E-state index contributed by atoms with van der Waals surface area (Å²) in [6, 6.07) is 3.55. The van der Waals surface area contributed by atoms with Gasteiger partial charge in [-0.25, -0.2) is 13.1 Å². The molecule has 0 saturated heterocycles. The van der Waals surface area contributed by atoms with Crippen LogP contribution in [0, 0.1) is 5.92 Å². The molecule has 1 atom stereocenters. The van der Waals surface area contributed by atoms with Gasteiger partial charge in [-0.15, -0.1) is 11.3 Å². The second-order valence-corrected chi connectivity index (χ2v) is 8.91. The van der Waals surface area contributed by atoms with Crippen LogP contribution in [0.2, 0.25) is 0 Å². The molecule has 0 saturated carbocycles. The lowest BCUT2D eigenvalue weighted by atomic mass is 10.0. The largest absolute Gasteiger partial charge is 0.370 e. The first-order valence-corrected chi connectivity index (χ1v) is 10.3. The second-order valence-electron chi connectivity index (χ2n) is 5.97. The highest BCUT2D eigenvalue weighted by atomic mass is 32.2. The lowest BCUT2D eigenvalue weighted by Crippen LogP contribution is -2.39. The zero-order chi connectivity index (χ0) is 17.3. The predicted octanol–water partition coefficient (Wildman–Crippen LogP) is 2.15. The topological polar surface area (TPSA) is 96.6 Å². The van der Waals surface area contributed by atoms with Gasteiger partial charge in [0.2, 0.25) is 10.0 Å². The molecule has 0 aromatic carbocycles. The summed E-state index contributed by atoms with van der Waals surface area (Å²) in [5.41, 5.74) is 5.81. The third kappa shape index (κ3) is 8.34. The first kappa shape index (κ1) is 19.9. The Hall–Kier alpha value is -1.12. The summed E-state index contributed by atoms with van der Waals surface area (Å²) < 4.78 is 26.6. The molecule has 0 aliphatic carbocycles. The summed E-state index contributed by atoms with van der Waals surface area (Å²) in [4.78, 5) is 4.15. The Labute approximate surface area is 143 Å². The standard InChI is InChI=1S/C15H28N4O2S2/c1-12(2)6-4-7-13(3)19-15(16)17-9-10-18-23(20,21)14-8-5-11-22-14/h5,8,11-13,18H,4,6-7,9-10H2,1-3H3,(H3,16,17,19). The fourth-order valence-electron chi connectivity index (χ4n) is 2.05. The average molecular weight is 361 g/mol. The van der Waals surface area contributed by atoms with E-state index in [2.05, 4.69) is 35.8 Å². The molecule has 0 amide bonds. The van der Waals surface area contributed by atoms with Crippen LogP contribution in [0.3, 0.4) is 0 Å². The van der Waals surface area contributed by atoms with Gasteiger partial charge in [0.25, 0.3) is 0 Å². The van der Waals surface area contributed by atoms with Gasteiger partial charge in [-0.3, -0.25) is 4.99 Å². The molecule has 0 spiro atoms. The first-order chi connectivity index (χ1) is 10.8. The number of thiophene rings is 1. The highest BCUT2D eigenvalue weighted by Crippen LogP contribution is 2.14. The van der Waals surface area contributed by atoms with Gasteiger partial charge in [-0.1, -0.05) is 32.8 Å². The fraction of sp³-hybridized carbons (Fsp3) is 0.667. The van der Waals surface area contributed by atoms with Crippen molar-refractivity contribution in [1.82, 2.24) is 10.0 Å². The van der Waals surface area contributed by atoms with Crippen LogP contribution in [-0.2, 0) is 10.0 Å². The highest BCUT2D eigenvalue weighted by molar-refractivity contribution is 7.91. The highest BCUT2D eigenvalue weighted by Gasteiger charge is 2.13. The minimum Gasteiger partial charge on any atom is -0.370 e. The Morgan fingerprint density at radius 3 is 2.70 bits per heavy atom. The molecule has 6 nitrogen and oxygen atoms in total. The molecule has 0 aliphatic heterocycles. The molecule has 1 heterocycles. The number of hydrogen-bond donors (Lipinski definition) is 3. The number of rotatable bonds is 10. The van der Waals surface area contributed by atoms with E-state index in [1.54, 1.807) is 17.5 Å². The van der Waals surface area contributed by atoms with Crippen LogP contribution < -0.4 is 15.8 Å². The molecule has 132 valence electrons. The number of sulfonamides is 1. The number of nitrogens with two attached hydrogens (primary N) is 1. The number of nitrogens with zero attached hydrogens (tertiary/aromatic N) is 1. The maximum absolute atomic E-state index is 11.9. The molecule has 1 aromatic rings. The molecule has 0 radical (unpaired) electrons. The summed E-state index contributed by atoms with van der Waals surface area (Å²) in [7, 11) is -3.42. The van der Waals surface area contributed by atoms with Crippen LogP contribution in [0.4, 0.5) is 0 Å². The summed E-state index contributed by atoms with van der Waals surface area (Å²) >= 11 is 1.19. The van der Waals surface area contributed by atoms with Crippen molar-refractivity contribution in [3.8, 4) is 0 Å². The number of hydrogen-bond acceptors (Lipinski definition) is 4. The van der Waals surface area contributed by atoms with Gasteiger partial charge >= 0.3 is 0 Å². The molecule has 1 aromatic heterocycles. The van der Waals surface area contributed by atoms with E-state index >= 15 is 0 Å². The van der Waals surface area contributed by atoms with Crippen LogP contribution in [-0.4, -0.2) is 33.5 Å². The number of guanidine groups is 1. The van der Waals surface area contributed by atoms with Crippen molar-refractivity contribution in [1.29, 1.82) is 0 Å². The van der Waals surface area contributed by atoms with Crippen molar-refractivity contribution in [3.05, 3.63) is 17.5 Å². The lowest BCUT2D eigenvalue weighted by molar-refractivity contribution is 0.493. The summed E-state index contributed by atoms with van der Waals surface area (Å²) in [5.74, 6) is 1.07.